The van der Waals surface area contributed by atoms with E-state index >= 15 is 0 Å². The number of carbonyl (C=O) groups excluding carboxylic acids is 2. The molecule has 2 rings (SSSR count). The molecular formula is C13H21ClN2O2. The number of rotatable bonds is 3. The van der Waals surface area contributed by atoms with E-state index in [9.17, 15) is 9.59 Å². The number of hydrogen-bond donors (Lipinski definition) is 2. The Morgan fingerprint density at radius 1 is 1.44 bits per heavy atom. The summed E-state index contributed by atoms with van der Waals surface area (Å²) in [7, 11) is 0. The Labute approximate surface area is 113 Å². The summed E-state index contributed by atoms with van der Waals surface area (Å²) in [6.07, 6.45) is 1.95. The van der Waals surface area contributed by atoms with Gasteiger partial charge in [-0.25, -0.2) is 4.79 Å². The van der Waals surface area contributed by atoms with Gasteiger partial charge in [-0.2, -0.15) is 0 Å². The van der Waals surface area contributed by atoms with Gasteiger partial charge in [0.1, 0.15) is 0 Å². The summed E-state index contributed by atoms with van der Waals surface area (Å²) >= 11 is 5.51. The van der Waals surface area contributed by atoms with Crippen molar-refractivity contribution < 1.29 is 9.59 Å². The minimum absolute atomic E-state index is 0.0332. The molecule has 3 unspecified atom stereocenters. The van der Waals surface area contributed by atoms with Crippen molar-refractivity contribution in [1.29, 1.82) is 0 Å². The Bertz CT molecular complexity index is 383. The summed E-state index contributed by atoms with van der Waals surface area (Å²) in [5, 5.41) is 5.46. The smallest absolute Gasteiger partial charge is 0.315 e. The van der Waals surface area contributed by atoms with E-state index in [1.807, 2.05) is 6.92 Å². The largest absolute Gasteiger partial charge is 0.337 e. The van der Waals surface area contributed by atoms with Crippen LogP contribution in [-0.2, 0) is 4.79 Å². The van der Waals surface area contributed by atoms with Gasteiger partial charge in [-0.1, -0.05) is 20.8 Å². The quantitative estimate of drug-likeness (QED) is 0.771. The van der Waals surface area contributed by atoms with Crippen LogP contribution in [0.4, 0.5) is 4.79 Å². The molecule has 0 radical (unpaired) electrons. The zero-order valence-electron chi connectivity index (χ0n) is 11.2. The normalized spacial score (nSPS) is 36.8. The molecule has 5 heteroatoms. The SMILES string of the molecule is CC12CCC(C(NC(=O)NCCCl)C1=O)C2(C)C. The van der Waals surface area contributed by atoms with Crippen LogP contribution in [0.3, 0.4) is 0 Å². The van der Waals surface area contributed by atoms with Crippen LogP contribution in [0.15, 0.2) is 0 Å². The van der Waals surface area contributed by atoms with Gasteiger partial charge in [0.05, 0.1) is 6.04 Å². The van der Waals surface area contributed by atoms with Crippen molar-refractivity contribution in [2.75, 3.05) is 12.4 Å². The fraction of sp³-hybridized carbons (Fsp3) is 0.846. The maximum atomic E-state index is 12.4. The Kier molecular flexibility index (Phi) is 3.34. The van der Waals surface area contributed by atoms with Crippen molar-refractivity contribution in [2.24, 2.45) is 16.7 Å². The first-order chi connectivity index (χ1) is 8.34. The summed E-state index contributed by atoms with van der Waals surface area (Å²) in [6.45, 7) is 6.73. The third-order valence-corrected chi connectivity index (χ3v) is 5.39. The lowest BCUT2D eigenvalue weighted by atomic mass is 9.70. The highest BCUT2D eigenvalue weighted by Crippen LogP contribution is 2.63. The van der Waals surface area contributed by atoms with Crippen molar-refractivity contribution in [1.82, 2.24) is 10.6 Å². The molecule has 3 atom stereocenters. The summed E-state index contributed by atoms with van der Waals surface area (Å²) in [6, 6.07) is -0.630. The predicted molar refractivity (Wildman–Crippen MR) is 70.7 cm³/mol. The molecule has 4 nitrogen and oxygen atoms in total. The molecular weight excluding hydrogens is 252 g/mol. The molecule has 102 valence electrons. The second kappa shape index (κ2) is 4.41. The van der Waals surface area contributed by atoms with Gasteiger partial charge in [-0.15, -0.1) is 11.6 Å². The Morgan fingerprint density at radius 2 is 2.11 bits per heavy atom. The van der Waals surface area contributed by atoms with Gasteiger partial charge in [-0.3, -0.25) is 4.79 Å². The van der Waals surface area contributed by atoms with Gasteiger partial charge in [0.25, 0.3) is 0 Å². The topological polar surface area (TPSA) is 58.2 Å². The number of ketones is 1. The number of amides is 2. The lowest BCUT2D eigenvalue weighted by Gasteiger charge is -2.32. The maximum absolute atomic E-state index is 12.4. The number of carbonyl (C=O) groups is 2. The molecule has 0 spiro atoms. The number of hydrogen-bond acceptors (Lipinski definition) is 2. The number of Topliss-reactive ketones (excluding diaryl/α,β-unsaturated/α-hetero) is 1. The molecule has 2 N–H and O–H groups in total. The standard InChI is InChI=1S/C13H21ClN2O2/c1-12(2)8-4-5-13(12,3)10(17)9(8)16-11(18)15-7-6-14/h8-9H,4-7H2,1-3H3,(H2,15,16,18). The van der Waals surface area contributed by atoms with Crippen LogP contribution in [-0.4, -0.2) is 30.3 Å². The molecule has 0 aliphatic heterocycles. The van der Waals surface area contributed by atoms with Gasteiger partial charge in [0.15, 0.2) is 5.78 Å². The number of halogens is 1. The number of alkyl halides is 1. The first-order valence-corrected chi connectivity index (χ1v) is 7.02. The highest BCUT2D eigenvalue weighted by atomic mass is 35.5. The number of nitrogens with one attached hydrogen (secondary N) is 2. The Hall–Kier alpha value is -0.770. The molecule has 18 heavy (non-hydrogen) atoms. The maximum Gasteiger partial charge on any atom is 0.315 e. The summed E-state index contributed by atoms with van der Waals surface area (Å²) in [5.74, 6) is 0.806. The van der Waals surface area contributed by atoms with E-state index in [-0.39, 0.29) is 34.6 Å². The van der Waals surface area contributed by atoms with Crippen LogP contribution in [0.2, 0.25) is 0 Å². The van der Waals surface area contributed by atoms with Crippen molar-refractivity contribution >= 4 is 23.4 Å². The molecule has 2 fully saturated rings. The lowest BCUT2D eigenvalue weighted by Crippen LogP contribution is -2.50. The molecule has 0 aromatic heterocycles. The lowest BCUT2D eigenvalue weighted by molar-refractivity contribution is -0.129. The van der Waals surface area contributed by atoms with Crippen molar-refractivity contribution in [2.45, 2.75) is 39.7 Å². The van der Waals surface area contributed by atoms with E-state index in [4.69, 9.17) is 11.6 Å². The van der Waals surface area contributed by atoms with Crippen LogP contribution < -0.4 is 10.6 Å². The Morgan fingerprint density at radius 3 is 2.61 bits per heavy atom. The molecule has 0 heterocycles. The average molecular weight is 273 g/mol. The monoisotopic (exact) mass is 272 g/mol. The fourth-order valence-corrected chi connectivity index (χ4v) is 3.70. The van der Waals surface area contributed by atoms with E-state index in [2.05, 4.69) is 24.5 Å². The highest BCUT2D eigenvalue weighted by Gasteiger charge is 2.66. The van der Waals surface area contributed by atoms with E-state index < -0.39 is 0 Å². The highest BCUT2D eigenvalue weighted by molar-refractivity contribution is 6.18. The van der Waals surface area contributed by atoms with Gasteiger partial charge >= 0.3 is 6.03 Å². The van der Waals surface area contributed by atoms with Crippen molar-refractivity contribution in [3.05, 3.63) is 0 Å². The third kappa shape index (κ3) is 1.73. The van der Waals surface area contributed by atoms with E-state index in [1.54, 1.807) is 0 Å². The molecule has 2 aliphatic carbocycles. The first kappa shape index (κ1) is 13.7. The van der Waals surface area contributed by atoms with Crippen LogP contribution in [0.5, 0.6) is 0 Å². The van der Waals surface area contributed by atoms with Crippen LogP contribution >= 0.6 is 11.6 Å². The molecule has 0 saturated heterocycles. The van der Waals surface area contributed by atoms with Gasteiger partial charge in [0, 0.05) is 17.8 Å². The third-order valence-electron chi connectivity index (χ3n) is 5.20. The second-order valence-corrected chi connectivity index (χ2v) is 6.51. The fourth-order valence-electron chi connectivity index (χ4n) is 3.61. The average Bonchev–Trinajstić information content (AvgIpc) is 2.61. The first-order valence-electron chi connectivity index (χ1n) is 6.49. The molecule has 2 bridgehead atoms. The summed E-state index contributed by atoms with van der Waals surface area (Å²) < 4.78 is 0. The van der Waals surface area contributed by atoms with E-state index in [1.165, 1.54) is 0 Å². The number of fused-ring (bicyclic) bond motifs is 2. The van der Waals surface area contributed by atoms with Gasteiger partial charge in [-0.05, 0) is 24.2 Å². The molecule has 0 aromatic carbocycles. The van der Waals surface area contributed by atoms with Crippen LogP contribution in [0.25, 0.3) is 0 Å². The molecule has 0 aromatic rings. The Balaban J connectivity index is 2.08. The minimum atomic E-state index is -0.339. The summed E-state index contributed by atoms with van der Waals surface area (Å²) in [4.78, 5) is 24.1. The van der Waals surface area contributed by atoms with E-state index in [0.717, 1.165) is 12.8 Å². The van der Waals surface area contributed by atoms with Crippen LogP contribution in [0, 0.1) is 16.7 Å². The van der Waals surface area contributed by atoms with Crippen molar-refractivity contribution in [3.8, 4) is 0 Å². The van der Waals surface area contributed by atoms with Gasteiger partial charge in [0.2, 0.25) is 0 Å². The van der Waals surface area contributed by atoms with Crippen LogP contribution in [0.1, 0.15) is 33.6 Å². The molecule has 2 amide bonds. The van der Waals surface area contributed by atoms with E-state index in [0.29, 0.717) is 12.4 Å². The minimum Gasteiger partial charge on any atom is -0.337 e. The predicted octanol–water partition coefficient (Wildman–Crippen LogP) is 1.92. The molecule has 2 saturated carbocycles. The van der Waals surface area contributed by atoms with Gasteiger partial charge < -0.3 is 10.6 Å². The zero-order chi connectivity index (χ0) is 13.6. The second-order valence-electron chi connectivity index (χ2n) is 6.13. The molecule has 2 aliphatic rings. The zero-order valence-corrected chi connectivity index (χ0v) is 11.9. The number of urea groups is 1. The summed E-state index contributed by atoms with van der Waals surface area (Å²) in [5.41, 5.74) is -0.323. The van der Waals surface area contributed by atoms with Crippen molar-refractivity contribution in [3.63, 3.8) is 0 Å².